The number of fused-ring (bicyclic) bond motifs is 3. The van der Waals surface area contributed by atoms with Gasteiger partial charge >= 0.3 is 21.1 Å². The second-order valence-electron chi connectivity index (χ2n) is 8.36. The third kappa shape index (κ3) is 3.63. The Kier molecular flexibility index (Phi) is 5.30. The van der Waals surface area contributed by atoms with Gasteiger partial charge in [0.1, 0.15) is 5.58 Å². The molecule has 0 bridgehead atoms. The molecule has 3 aromatic carbocycles. The van der Waals surface area contributed by atoms with E-state index in [0.29, 0.717) is 0 Å². The molecule has 0 atom stereocenters. The molecular formula is C27H20N4OPt. The zero-order valence-corrected chi connectivity index (χ0v) is 20.4. The SMILES string of the molecule is CC(C)(c1ccn(-c2[c-]cccc2)n1)c1ccn(-c2[c-]cc3oc4ccccc4c3c2)n1.[Pt+2]. The van der Waals surface area contributed by atoms with E-state index in [0.717, 1.165) is 44.7 Å². The summed E-state index contributed by atoms with van der Waals surface area (Å²) in [6.07, 6.45) is 3.94. The maximum absolute atomic E-state index is 5.93. The number of nitrogens with zero attached hydrogens (tertiary/aromatic N) is 4. The van der Waals surface area contributed by atoms with Crippen LogP contribution in [0.3, 0.4) is 0 Å². The molecule has 0 fully saturated rings. The first-order valence-electron chi connectivity index (χ1n) is 10.5. The van der Waals surface area contributed by atoms with Crippen LogP contribution in [-0.4, -0.2) is 19.6 Å². The van der Waals surface area contributed by atoms with E-state index < -0.39 is 0 Å². The van der Waals surface area contributed by atoms with Crippen LogP contribution >= 0.6 is 0 Å². The van der Waals surface area contributed by atoms with E-state index >= 15 is 0 Å². The first-order chi connectivity index (χ1) is 15.6. The van der Waals surface area contributed by atoms with Crippen LogP contribution in [0.15, 0.2) is 89.6 Å². The summed E-state index contributed by atoms with van der Waals surface area (Å²) in [6, 6.07) is 30.4. The van der Waals surface area contributed by atoms with Crippen molar-refractivity contribution in [3.8, 4) is 11.4 Å². The summed E-state index contributed by atoms with van der Waals surface area (Å²) in [5.74, 6) is 0. The van der Waals surface area contributed by atoms with Crippen LogP contribution in [-0.2, 0) is 26.5 Å². The maximum Gasteiger partial charge on any atom is 2.00 e. The van der Waals surface area contributed by atoms with Crippen LogP contribution in [0.25, 0.3) is 33.3 Å². The molecule has 6 aromatic rings. The van der Waals surface area contributed by atoms with E-state index in [2.05, 4.69) is 38.1 Å². The molecule has 0 saturated carbocycles. The molecule has 3 heterocycles. The van der Waals surface area contributed by atoms with Gasteiger partial charge < -0.3 is 4.42 Å². The summed E-state index contributed by atoms with van der Waals surface area (Å²) in [7, 11) is 0. The molecule has 0 aliphatic heterocycles. The summed E-state index contributed by atoms with van der Waals surface area (Å²) in [5, 5.41) is 11.8. The number of benzene rings is 3. The third-order valence-corrected chi connectivity index (χ3v) is 5.94. The molecule has 6 heteroatoms. The summed E-state index contributed by atoms with van der Waals surface area (Å²) in [5.41, 5.74) is 5.00. The Morgan fingerprint density at radius 2 is 1.45 bits per heavy atom. The van der Waals surface area contributed by atoms with Crippen molar-refractivity contribution in [2.45, 2.75) is 19.3 Å². The van der Waals surface area contributed by atoms with Crippen molar-refractivity contribution in [3.63, 3.8) is 0 Å². The Morgan fingerprint density at radius 1 is 0.758 bits per heavy atom. The van der Waals surface area contributed by atoms with E-state index in [9.17, 15) is 0 Å². The van der Waals surface area contributed by atoms with Crippen molar-refractivity contribution in [2.24, 2.45) is 0 Å². The average Bonchev–Trinajstić information content (AvgIpc) is 3.58. The molecule has 0 radical (unpaired) electrons. The molecule has 0 saturated heterocycles. The van der Waals surface area contributed by atoms with Gasteiger partial charge in [-0.05, 0) is 43.4 Å². The quantitative estimate of drug-likeness (QED) is 0.234. The molecule has 164 valence electrons. The number of para-hydroxylation sites is 2. The number of aromatic nitrogens is 4. The smallest absolute Gasteiger partial charge is 0.516 e. The molecule has 3 aromatic heterocycles. The molecule has 6 rings (SSSR count). The fraction of sp³-hybridized carbons (Fsp3) is 0.111. The number of hydrogen-bond donors (Lipinski definition) is 0. The fourth-order valence-electron chi connectivity index (χ4n) is 4.03. The van der Waals surface area contributed by atoms with Crippen LogP contribution in [0.5, 0.6) is 0 Å². The summed E-state index contributed by atoms with van der Waals surface area (Å²) in [4.78, 5) is 0. The standard InChI is InChI=1S/C27H20N4O.Pt/c1-27(2,25-14-16-30(28-25)19-8-4-3-5-9-19)26-15-17-31(29-26)20-12-13-24-22(18-20)21-10-6-7-11-23(21)32-24;/h3-8,10-11,13-18H,1-2H3;/q-2;+2. The van der Waals surface area contributed by atoms with Gasteiger partial charge in [0.25, 0.3) is 0 Å². The molecule has 5 nitrogen and oxygen atoms in total. The van der Waals surface area contributed by atoms with E-state index in [1.807, 2.05) is 82.4 Å². The second kappa shape index (κ2) is 8.16. The first-order valence-corrected chi connectivity index (χ1v) is 10.5. The van der Waals surface area contributed by atoms with E-state index in [1.54, 1.807) is 0 Å². The normalized spacial score (nSPS) is 11.7. The minimum absolute atomic E-state index is 0. The van der Waals surface area contributed by atoms with Crippen LogP contribution in [0.1, 0.15) is 25.2 Å². The zero-order valence-electron chi connectivity index (χ0n) is 18.1. The van der Waals surface area contributed by atoms with Crippen molar-refractivity contribution in [1.29, 1.82) is 0 Å². The molecule has 0 N–H and O–H groups in total. The van der Waals surface area contributed by atoms with Gasteiger partial charge in [0.2, 0.25) is 0 Å². The molecular weight excluding hydrogens is 591 g/mol. The fourth-order valence-corrected chi connectivity index (χ4v) is 4.03. The second-order valence-corrected chi connectivity index (χ2v) is 8.36. The van der Waals surface area contributed by atoms with Gasteiger partial charge in [-0.15, -0.1) is 18.2 Å². The van der Waals surface area contributed by atoms with Crippen molar-refractivity contribution in [1.82, 2.24) is 19.6 Å². The van der Waals surface area contributed by atoms with E-state index in [-0.39, 0.29) is 26.5 Å². The van der Waals surface area contributed by atoms with Crippen LogP contribution in [0.2, 0.25) is 0 Å². The maximum atomic E-state index is 5.93. The van der Waals surface area contributed by atoms with Crippen molar-refractivity contribution in [3.05, 3.63) is 109 Å². The topological polar surface area (TPSA) is 48.8 Å². The van der Waals surface area contributed by atoms with Crippen molar-refractivity contribution >= 4 is 21.9 Å². The third-order valence-electron chi connectivity index (χ3n) is 5.94. The van der Waals surface area contributed by atoms with Gasteiger partial charge in [0.15, 0.2) is 0 Å². The van der Waals surface area contributed by atoms with Crippen molar-refractivity contribution in [2.75, 3.05) is 0 Å². The predicted octanol–water partition coefficient (Wildman–Crippen LogP) is 5.88. The molecule has 0 amide bonds. The Labute approximate surface area is 205 Å². The Hall–Kier alpha value is -3.43. The first kappa shape index (κ1) is 21.4. The molecule has 0 aliphatic carbocycles. The van der Waals surface area contributed by atoms with Crippen LogP contribution < -0.4 is 0 Å². The molecule has 33 heavy (non-hydrogen) atoms. The predicted molar refractivity (Wildman–Crippen MR) is 124 cm³/mol. The average molecular weight is 612 g/mol. The Balaban J connectivity index is 0.00000228. The minimum Gasteiger partial charge on any atom is -0.516 e. The Morgan fingerprint density at radius 3 is 2.18 bits per heavy atom. The summed E-state index contributed by atoms with van der Waals surface area (Å²) in [6.45, 7) is 4.27. The Bertz CT molecular complexity index is 1560. The number of rotatable bonds is 4. The van der Waals surface area contributed by atoms with Gasteiger partial charge in [-0.25, -0.2) is 0 Å². The monoisotopic (exact) mass is 611 g/mol. The summed E-state index contributed by atoms with van der Waals surface area (Å²) >= 11 is 0. The largest absolute Gasteiger partial charge is 2.00 e. The van der Waals surface area contributed by atoms with Gasteiger partial charge in [-0.3, -0.25) is 9.36 Å². The van der Waals surface area contributed by atoms with E-state index in [4.69, 9.17) is 14.6 Å². The van der Waals surface area contributed by atoms with Crippen LogP contribution in [0.4, 0.5) is 0 Å². The van der Waals surface area contributed by atoms with Gasteiger partial charge in [0.05, 0.1) is 16.8 Å². The minimum atomic E-state index is -0.363. The summed E-state index contributed by atoms with van der Waals surface area (Å²) < 4.78 is 9.63. The zero-order chi connectivity index (χ0) is 21.7. The van der Waals surface area contributed by atoms with Crippen molar-refractivity contribution < 1.29 is 25.5 Å². The number of hydrogen-bond acceptors (Lipinski definition) is 3. The molecule has 0 unspecified atom stereocenters. The molecule has 0 spiro atoms. The van der Waals surface area contributed by atoms with Gasteiger partial charge in [-0.1, -0.05) is 23.6 Å². The van der Waals surface area contributed by atoms with E-state index in [1.165, 1.54) is 0 Å². The van der Waals surface area contributed by atoms with Gasteiger partial charge in [0, 0.05) is 23.4 Å². The van der Waals surface area contributed by atoms with Gasteiger partial charge in [-0.2, -0.15) is 40.5 Å². The number of furan rings is 1. The molecule has 0 aliphatic rings. The van der Waals surface area contributed by atoms with Crippen LogP contribution in [0, 0.1) is 12.1 Å².